The lowest BCUT2D eigenvalue weighted by molar-refractivity contribution is -0.119. The van der Waals surface area contributed by atoms with E-state index in [1.807, 2.05) is 6.92 Å². The Hall–Kier alpha value is -0.870. The van der Waals surface area contributed by atoms with Gasteiger partial charge in [0.2, 0.25) is 5.91 Å². The smallest absolute Gasteiger partial charge is 0.241 e. The number of carbonyl (C=O) groups is 1. The van der Waals surface area contributed by atoms with E-state index < -0.39 is 0 Å². The van der Waals surface area contributed by atoms with Gasteiger partial charge in [0.1, 0.15) is 0 Å². The number of amides is 1. The van der Waals surface area contributed by atoms with Crippen molar-refractivity contribution in [3.05, 3.63) is 15.8 Å². The second kappa shape index (κ2) is 5.85. The first-order valence-electron chi connectivity index (χ1n) is 6.70. The first kappa shape index (κ1) is 13.6. The Bertz CT molecular complexity index is 408. The third-order valence-corrected chi connectivity index (χ3v) is 4.84. The molecular formula is C14H22N2OS. The Labute approximate surface area is 113 Å². The summed E-state index contributed by atoms with van der Waals surface area (Å²) < 4.78 is 0. The number of thiophene rings is 1. The second-order valence-electron chi connectivity index (χ2n) is 5.14. The highest BCUT2D eigenvalue weighted by Crippen LogP contribution is 2.27. The molecule has 1 aliphatic heterocycles. The fraction of sp³-hybridized carbons (Fsp3) is 0.643. The zero-order valence-corrected chi connectivity index (χ0v) is 12.2. The van der Waals surface area contributed by atoms with Gasteiger partial charge in [-0.3, -0.25) is 4.79 Å². The maximum Gasteiger partial charge on any atom is 0.241 e. The summed E-state index contributed by atoms with van der Waals surface area (Å²) in [6.45, 7) is 7.26. The predicted molar refractivity (Wildman–Crippen MR) is 77.2 cm³/mol. The molecule has 3 nitrogen and oxygen atoms in total. The van der Waals surface area contributed by atoms with Gasteiger partial charge in [0, 0.05) is 4.88 Å². The van der Waals surface area contributed by atoms with Crippen LogP contribution >= 0.6 is 11.3 Å². The molecule has 0 spiro atoms. The molecule has 0 saturated carbocycles. The molecule has 0 aliphatic carbocycles. The zero-order chi connectivity index (χ0) is 13.1. The van der Waals surface area contributed by atoms with Gasteiger partial charge >= 0.3 is 0 Å². The summed E-state index contributed by atoms with van der Waals surface area (Å²) in [5, 5.41) is 8.50. The van der Waals surface area contributed by atoms with Crippen LogP contribution in [0, 0.1) is 19.8 Å². The molecule has 1 aliphatic rings. The van der Waals surface area contributed by atoms with Crippen molar-refractivity contribution in [1.29, 1.82) is 0 Å². The average molecular weight is 266 g/mol. The molecule has 18 heavy (non-hydrogen) atoms. The van der Waals surface area contributed by atoms with Gasteiger partial charge in [-0.15, -0.1) is 11.3 Å². The predicted octanol–water partition coefficient (Wildman–Crippen LogP) is 3.08. The van der Waals surface area contributed by atoms with Crippen molar-refractivity contribution in [2.75, 3.05) is 11.9 Å². The quantitative estimate of drug-likeness (QED) is 0.882. The van der Waals surface area contributed by atoms with Crippen molar-refractivity contribution in [3.8, 4) is 0 Å². The van der Waals surface area contributed by atoms with Gasteiger partial charge in [0.05, 0.1) is 11.7 Å². The summed E-state index contributed by atoms with van der Waals surface area (Å²) in [5.74, 6) is 0.810. The highest BCUT2D eigenvalue weighted by atomic mass is 32.1. The van der Waals surface area contributed by atoms with Crippen LogP contribution in [0.4, 0.5) is 5.69 Å². The third kappa shape index (κ3) is 2.93. The van der Waals surface area contributed by atoms with E-state index in [1.54, 1.807) is 11.3 Å². The fourth-order valence-electron chi connectivity index (χ4n) is 2.54. The highest BCUT2D eigenvalue weighted by Gasteiger charge is 2.26. The molecule has 1 aromatic rings. The third-order valence-electron chi connectivity index (χ3n) is 3.81. The Kier molecular flexibility index (Phi) is 4.40. The minimum Gasteiger partial charge on any atom is -0.323 e. The molecule has 2 rings (SSSR count). The Balaban J connectivity index is 1.99. The molecule has 0 unspecified atom stereocenters. The van der Waals surface area contributed by atoms with Crippen molar-refractivity contribution in [1.82, 2.24) is 5.32 Å². The van der Waals surface area contributed by atoms with Crippen LogP contribution in [0.15, 0.2) is 5.38 Å². The molecule has 2 heterocycles. The number of nitrogens with one attached hydrogen (secondary N) is 2. The largest absolute Gasteiger partial charge is 0.323 e. The van der Waals surface area contributed by atoms with E-state index in [-0.39, 0.29) is 11.9 Å². The van der Waals surface area contributed by atoms with Crippen LogP contribution < -0.4 is 10.6 Å². The van der Waals surface area contributed by atoms with Gasteiger partial charge in [-0.1, -0.05) is 13.3 Å². The lowest BCUT2D eigenvalue weighted by atomic mass is 9.90. The Morgan fingerprint density at radius 2 is 2.33 bits per heavy atom. The maximum atomic E-state index is 12.3. The van der Waals surface area contributed by atoms with Gasteiger partial charge < -0.3 is 10.6 Å². The topological polar surface area (TPSA) is 41.1 Å². The summed E-state index contributed by atoms with van der Waals surface area (Å²) in [4.78, 5) is 13.4. The van der Waals surface area contributed by atoms with Crippen LogP contribution in [0.25, 0.3) is 0 Å². The number of hydrogen-bond donors (Lipinski definition) is 2. The number of anilines is 1. The highest BCUT2D eigenvalue weighted by molar-refractivity contribution is 7.10. The van der Waals surface area contributed by atoms with Gasteiger partial charge in [-0.05, 0) is 50.1 Å². The van der Waals surface area contributed by atoms with Crippen molar-refractivity contribution >= 4 is 22.9 Å². The van der Waals surface area contributed by atoms with Crippen LogP contribution in [-0.2, 0) is 4.79 Å². The summed E-state index contributed by atoms with van der Waals surface area (Å²) in [7, 11) is 0. The second-order valence-corrected chi connectivity index (χ2v) is 6.23. The number of carbonyl (C=O) groups excluding carboxylic acids is 1. The minimum absolute atomic E-state index is 0.0256. The summed E-state index contributed by atoms with van der Waals surface area (Å²) in [6, 6.07) is -0.0256. The lowest BCUT2D eigenvalue weighted by Gasteiger charge is -2.28. The van der Waals surface area contributed by atoms with Gasteiger partial charge in [0.25, 0.3) is 0 Å². The minimum atomic E-state index is -0.0256. The molecule has 4 heteroatoms. The molecule has 2 atom stereocenters. The van der Waals surface area contributed by atoms with E-state index >= 15 is 0 Å². The Morgan fingerprint density at radius 3 is 2.94 bits per heavy atom. The molecule has 0 radical (unpaired) electrons. The van der Waals surface area contributed by atoms with E-state index in [4.69, 9.17) is 0 Å². The van der Waals surface area contributed by atoms with Crippen LogP contribution in [0.2, 0.25) is 0 Å². The molecule has 0 bridgehead atoms. The number of aryl methyl sites for hydroxylation is 2. The number of hydrogen-bond acceptors (Lipinski definition) is 3. The van der Waals surface area contributed by atoms with Crippen LogP contribution in [0.5, 0.6) is 0 Å². The van der Waals surface area contributed by atoms with Gasteiger partial charge in [-0.25, -0.2) is 0 Å². The summed E-state index contributed by atoms with van der Waals surface area (Å²) in [5.41, 5.74) is 2.17. The van der Waals surface area contributed by atoms with Crippen molar-refractivity contribution in [3.63, 3.8) is 0 Å². The molecule has 2 N–H and O–H groups in total. The Morgan fingerprint density at radius 1 is 1.56 bits per heavy atom. The van der Waals surface area contributed by atoms with E-state index in [9.17, 15) is 4.79 Å². The SMILES string of the molecule is CC[C@H]1CCN[C@H](C(=O)Nc2c(C)csc2C)C1. The van der Waals surface area contributed by atoms with E-state index in [0.29, 0.717) is 5.92 Å². The average Bonchev–Trinajstić information content (AvgIpc) is 2.70. The van der Waals surface area contributed by atoms with E-state index in [2.05, 4.69) is 29.9 Å². The molecule has 1 aromatic heterocycles. The monoisotopic (exact) mass is 266 g/mol. The first-order valence-corrected chi connectivity index (χ1v) is 7.58. The van der Waals surface area contributed by atoms with Crippen molar-refractivity contribution < 1.29 is 4.79 Å². The van der Waals surface area contributed by atoms with Crippen LogP contribution in [0.1, 0.15) is 36.6 Å². The van der Waals surface area contributed by atoms with E-state index in [1.165, 1.54) is 17.7 Å². The van der Waals surface area contributed by atoms with E-state index in [0.717, 1.165) is 24.2 Å². The number of rotatable bonds is 3. The van der Waals surface area contributed by atoms with Crippen molar-refractivity contribution in [2.24, 2.45) is 5.92 Å². The summed E-state index contributed by atoms with van der Waals surface area (Å²) >= 11 is 1.69. The zero-order valence-electron chi connectivity index (χ0n) is 11.4. The van der Waals surface area contributed by atoms with Gasteiger partial charge in [0.15, 0.2) is 0 Å². The fourth-order valence-corrected chi connectivity index (χ4v) is 3.34. The molecule has 0 aromatic carbocycles. The molecule has 1 amide bonds. The normalized spacial score (nSPS) is 23.9. The first-order chi connectivity index (χ1) is 8.61. The molecular weight excluding hydrogens is 244 g/mol. The van der Waals surface area contributed by atoms with Gasteiger partial charge in [-0.2, -0.15) is 0 Å². The van der Waals surface area contributed by atoms with Crippen molar-refractivity contribution in [2.45, 2.75) is 46.1 Å². The molecule has 100 valence electrons. The number of piperidine rings is 1. The molecule has 1 saturated heterocycles. The lowest BCUT2D eigenvalue weighted by Crippen LogP contribution is -2.46. The standard InChI is InChI=1S/C14H22N2OS/c1-4-11-5-6-15-12(7-11)14(17)16-13-9(2)8-18-10(13)3/h8,11-12,15H,4-7H2,1-3H3,(H,16,17)/t11-,12-/m0/s1. The van der Waals surface area contributed by atoms with Crippen LogP contribution in [-0.4, -0.2) is 18.5 Å². The maximum absolute atomic E-state index is 12.3. The summed E-state index contributed by atoms with van der Waals surface area (Å²) in [6.07, 6.45) is 3.32. The molecule has 1 fully saturated rings. The van der Waals surface area contributed by atoms with Crippen LogP contribution in [0.3, 0.4) is 0 Å².